The van der Waals surface area contributed by atoms with Gasteiger partial charge in [0.05, 0.1) is 0 Å². The van der Waals surface area contributed by atoms with Gasteiger partial charge >= 0.3 is 78.0 Å². The molecule has 4 rings (SSSR count). The first-order chi connectivity index (χ1) is 19.0. The van der Waals surface area contributed by atoms with Crippen LogP contribution in [0.1, 0.15) is 43.9 Å². The van der Waals surface area contributed by atoms with Crippen LogP contribution in [0.15, 0.2) is 132 Å². The van der Waals surface area contributed by atoms with Crippen molar-refractivity contribution in [1.82, 2.24) is 0 Å². The van der Waals surface area contributed by atoms with Crippen molar-refractivity contribution in [3.05, 3.63) is 149 Å². The second-order valence-electron chi connectivity index (χ2n) is 10.1. The molecule has 0 aromatic heterocycles. The van der Waals surface area contributed by atoms with E-state index in [1.54, 1.807) is 63.5 Å². The number of hydrogen-bond acceptors (Lipinski definition) is 3. The molecule has 0 saturated carbocycles. The Morgan fingerprint density at radius 2 is 0.975 bits per heavy atom. The Hall–Kier alpha value is -3.37. The first-order valence-electron chi connectivity index (χ1n) is 13.2. The number of rotatable bonds is 6. The Balaban J connectivity index is 0.000000267. The fourth-order valence-electron chi connectivity index (χ4n) is 3.69. The summed E-state index contributed by atoms with van der Waals surface area (Å²) in [4.78, 5) is 0. The van der Waals surface area contributed by atoms with Gasteiger partial charge in [0.2, 0.25) is 0 Å². The molecule has 3 aromatic rings. The molecule has 0 radical (unpaired) electrons. The normalized spacial score (nSPS) is 11.6. The molecule has 4 heteroatoms. The van der Waals surface area contributed by atoms with E-state index in [0.29, 0.717) is 24.7 Å². The molecule has 0 heterocycles. The van der Waals surface area contributed by atoms with Crippen molar-refractivity contribution in [2.75, 3.05) is 0 Å². The number of hydrogen-bond donors (Lipinski definition) is 0. The van der Waals surface area contributed by atoms with E-state index in [1.165, 1.54) is 30.8 Å². The van der Waals surface area contributed by atoms with Crippen molar-refractivity contribution in [3.8, 4) is 17.2 Å². The van der Waals surface area contributed by atoms with Crippen LogP contribution in [0.2, 0.25) is 0 Å². The molecule has 0 amide bonds. The zero-order chi connectivity index (χ0) is 30.0. The molecule has 3 nitrogen and oxygen atoms in total. The molecule has 0 saturated heterocycles. The number of benzene rings is 3. The van der Waals surface area contributed by atoms with Crippen molar-refractivity contribution in [2.24, 2.45) is 5.41 Å². The molecule has 1 aliphatic carbocycles. The van der Waals surface area contributed by atoms with Crippen LogP contribution in [0.3, 0.4) is 0 Å². The minimum absolute atomic E-state index is 0.0994. The number of allylic oxidation sites excluding steroid dienone is 7. The molecule has 40 heavy (non-hydrogen) atoms. The summed E-state index contributed by atoms with van der Waals surface area (Å²) >= 11 is 1.23. The average Bonchev–Trinajstić information content (AvgIpc) is 3.37. The van der Waals surface area contributed by atoms with Gasteiger partial charge in [-0.2, -0.15) is 0 Å². The molecule has 0 bridgehead atoms. The SMILES string of the molecule is C=CCc1ccccc1[O-].C=CCc1ccccc1[O-].C=CCc1ccccc1[O-].CC(C)(C)C1=[C]([Hf+3])CC=C1. The maximum atomic E-state index is 11.0. The predicted molar refractivity (Wildman–Crippen MR) is 160 cm³/mol. The monoisotopic (exact) mass is 700 g/mol. The fraction of sp³-hybridized carbons (Fsp3) is 0.222. The minimum atomic E-state index is 0.0994. The standard InChI is InChI=1S/3C9H10O.C9H13.Hf/c3*1-2-5-8-6-3-4-7-9(8)10;1-9(2,3)8-6-4-5-7-8;/h3*2-4,6-7,10H,1,5H2;4,6H,5H2,1-3H3;/q;;;;+3/p-3. The van der Waals surface area contributed by atoms with Crippen LogP contribution in [0.4, 0.5) is 0 Å². The van der Waals surface area contributed by atoms with Gasteiger partial charge in [0.15, 0.2) is 0 Å². The van der Waals surface area contributed by atoms with Gasteiger partial charge in [-0.05, 0) is 19.3 Å². The van der Waals surface area contributed by atoms with E-state index < -0.39 is 0 Å². The third-order valence-electron chi connectivity index (χ3n) is 5.75. The van der Waals surface area contributed by atoms with Crippen LogP contribution in [0.5, 0.6) is 17.2 Å². The second kappa shape index (κ2) is 18.8. The molecular formula is C36H40HfO3. The molecule has 0 atom stereocenters. The molecule has 206 valence electrons. The molecule has 0 N–H and O–H groups in total. The van der Waals surface area contributed by atoms with Crippen molar-refractivity contribution in [3.63, 3.8) is 0 Å². The van der Waals surface area contributed by atoms with Crippen LogP contribution in [-0.2, 0) is 43.6 Å². The molecular weight excluding hydrogens is 659 g/mol. The van der Waals surface area contributed by atoms with Gasteiger partial charge < -0.3 is 15.3 Å². The molecule has 0 aliphatic heterocycles. The molecule has 0 spiro atoms. The zero-order valence-corrected chi connectivity index (χ0v) is 27.6. The molecule has 0 unspecified atom stereocenters. The van der Waals surface area contributed by atoms with Gasteiger partial charge in [-0.15, -0.1) is 37.0 Å². The Labute approximate surface area is 256 Å². The first kappa shape index (κ1) is 34.7. The average molecular weight is 699 g/mol. The molecule has 1 aliphatic rings. The van der Waals surface area contributed by atoms with E-state index in [2.05, 4.69) is 52.7 Å². The fourth-order valence-corrected chi connectivity index (χ4v) is 5.76. The second-order valence-corrected chi connectivity index (χ2v) is 12.2. The van der Waals surface area contributed by atoms with Gasteiger partial charge in [0.1, 0.15) is 0 Å². The summed E-state index contributed by atoms with van der Waals surface area (Å²) in [6.07, 6.45) is 13.0. The van der Waals surface area contributed by atoms with Gasteiger partial charge in [-0.25, -0.2) is 0 Å². The van der Waals surface area contributed by atoms with Crippen molar-refractivity contribution in [2.45, 2.75) is 46.5 Å². The van der Waals surface area contributed by atoms with Crippen molar-refractivity contribution < 1.29 is 39.7 Å². The topological polar surface area (TPSA) is 69.2 Å². The third kappa shape index (κ3) is 13.1. The Kier molecular flexibility index (Phi) is 16.3. The summed E-state index contributed by atoms with van der Waals surface area (Å²) < 4.78 is 1.67. The Morgan fingerprint density at radius 1 is 0.650 bits per heavy atom. The van der Waals surface area contributed by atoms with E-state index in [0.717, 1.165) is 16.7 Å². The Bertz CT molecular complexity index is 1160. The first-order valence-corrected chi connectivity index (χ1v) is 15.0. The van der Waals surface area contributed by atoms with E-state index in [1.807, 2.05) is 36.4 Å². The van der Waals surface area contributed by atoms with Crippen molar-refractivity contribution >= 4 is 0 Å². The quantitative estimate of drug-likeness (QED) is 0.201. The molecule has 3 aromatic carbocycles. The van der Waals surface area contributed by atoms with E-state index in [-0.39, 0.29) is 17.2 Å². The third-order valence-corrected chi connectivity index (χ3v) is 7.45. The van der Waals surface area contributed by atoms with E-state index in [9.17, 15) is 15.3 Å². The summed E-state index contributed by atoms with van der Waals surface area (Å²) in [5.74, 6) is 0.298. The summed E-state index contributed by atoms with van der Waals surface area (Å²) in [7, 11) is 0. The summed E-state index contributed by atoms with van der Waals surface area (Å²) in [5.41, 5.74) is 4.41. The molecule has 0 fully saturated rings. The Morgan fingerprint density at radius 3 is 1.18 bits per heavy atom. The van der Waals surface area contributed by atoms with Crippen LogP contribution >= 0.6 is 0 Å². The van der Waals surface area contributed by atoms with Crippen molar-refractivity contribution in [1.29, 1.82) is 0 Å². The number of para-hydroxylation sites is 3. The van der Waals surface area contributed by atoms with E-state index in [4.69, 9.17) is 0 Å². The summed E-state index contributed by atoms with van der Waals surface area (Å²) in [6.45, 7) is 17.5. The summed E-state index contributed by atoms with van der Waals surface area (Å²) in [6, 6.07) is 21.0. The van der Waals surface area contributed by atoms with Crippen LogP contribution < -0.4 is 15.3 Å². The van der Waals surface area contributed by atoms with Gasteiger partial charge in [0, 0.05) is 0 Å². The van der Waals surface area contributed by atoms with Crippen LogP contribution in [-0.4, -0.2) is 0 Å². The zero-order valence-electron chi connectivity index (χ0n) is 24.0. The van der Waals surface area contributed by atoms with Gasteiger partial charge in [-0.1, -0.05) is 108 Å². The van der Waals surface area contributed by atoms with Gasteiger partial charge in [-0.3, -0.25) is 0 Å². The van der Waals surface area contributed by atoms with Crippen LogP contribution in [0, 0.1) is 5.41 Å². The predicted octanol–water partition coefficient (Wildman–Crippen LogP) is 7.26. The summed E-state index contributed by atoms with van der Waals surface area (Å²) in [5, 5.41) is 32.9. The maximum absolute atomic E-state index is 11.0. The van der Waals surface area contributed by atoms with E-state index >= 15 is 0 Å². The van der Waals surface area contributed by atoms with Gasteiger partial charge in [0.25, 0.3) is 0 Å². The van der Waals surface area contributed by atoms with Crippen LogP contribution in [0.25, 0.3) is 0 Å².